The molecule has 0 saturated carbocycles. The summed E-state index contributed by atoms with van der Waals surface area (Å²) in [4.78, 5) is 20.3. The lowest BCUT2D eigenvalue weighted by atomic mass is 10.0. The summed E-state index contributed by atoms with van der Waals surface area (Å²) in [5.41, 5.74) is 4.02. The zero-order valence-corrected chi connectivity index (χ0v) is 19.9. The van der Waals surface area contributed by atoms with Crippen molar-refractivity contribution in [1.82, 2.24) is 15.2 Å². The second kappa shape index (κ2) is 10.4. The molecule has 0 radical (unpaired) electrons. The van der Waals surface area contributed by atoms with Gasteiger partial charge in [0, 0.05) is 17.5 Å². The van der Waals surface area contributed by atoms with Crippen molar-refractivity contribution in [3.8, 4) is 22.8 Å². The monoisotopic (exact) mass is 455 g/mol. The molecule has 34 heavy (non-hydrogen) atoms. The number of para-hydroxylation sites is 1. The first-order valence-electron chi connectivity index (χ1n) is 11.1. The van der Waals surface area contributed by atoms with E-state index < -0.39 is 0 Å². The fourth-order valence-corrected chi connectivity index (χ4v) is 4.07. The van der Waals surface area contributed by atoms with Crippen LogP contribution in [0.15, 0.2) is 78.9 Å². The van der Waals surface area contributed by atoms with E-state index in [0.717, 1.165) is 22.0 Å². The Morgan fingerprint density at radius 1 is 0.912 bits per heavy atom. The number of fused-ring (bicyclic) bond motifs is 1. The number of hydrogen-bond acceptors (Lipinski definition) is 5. The highest BCUT2D eigenvalue weighted by atomic mass is 16.5. The van der Waals surface area contributed by atoms with Gasteiger partial charge in [0.05, 0.1) is 37.0 Å². The number of likely N-dealkylation sites (N-methyl/N-ethyl adjacent to an activating group) is 1. The third-order valence-electron chi connectivity index (χ3n) is 5.90. The molecular weight excluding hydrogens is 426 g/mol. The Labute approximate surface area is 200 Å². The standard InChI is InChI=1S/C28H29N3O3/c1-31(2)25(19-10-6-5-7-11-19)18-29-28(32)22-17-24(30-23-13-9-8-12-21(22)23)20-14-15-26(33-3)27(16-20)34-4/h5-17,25H,18H2,1-4H3,(H,29,32)/t25-/m1/s1. The largest absolute Gasteiger partial charge is 0.493 e. The summed E-state index contributed by atoms with van der Waals surface area (Å²) >= 11 is 0. The Kier molecular flexibility index (Phi) is 7.09. The van der Waals surface area contributed by atoms with E-state index in [9.17, 15) is 4.79 Å². The maximum absolute atomic E-state index is 13.4. The van der Waals surface area contributed by atoms with Crippen LogP contribution >= 0.6 is 0 Å². The van der Waals surface area contributed by atoms with Crippen molar-refractivity contribution < 1.29 is 14.3 Å². The third kappa shape index (κ3) is 4.87. The SMILES string of the molecule is COc1ccc(-c2cc(C(=O)NC[C@H](c3ccccc3)N(C)C)c3ccccc3n2)cc1OC. The Bertz CT molecular complexity index is 1290. The fourth-order valence-electron chi connectivity index (χ4n) is 4.07. The number of carbonyl (C=O) groups excluding carboxylic acids is 1. The van der Waals surface area contributed by atoms with E-state index in [-0.39, 0.29) is 11.9 Å². The van der Waals surface area contributed by atoms with Crippen LogP contribution in [0.5, 0.6) is 11.5 Å². The molecule has 3 aromatic carbocycles. The molecule has 0 aliphatic heterocycles. The molecule has 1 N–H and O–H groups in total. The lowest BCUT2D eigenvalue weighted by Crippen LogP contribution is -2.34. The second-order valence-electron chi connectivity index (χ2n) is 8.24. The van der Waals surface area contributed by atoms with Crippen LogP contribution in [0.3, 0.4) is 0 Å². The molecule has 174 valence electrons. The van der Waals surface area contributed by atoms with Gasteiger partial charge in [0.25, 0.3) is 5.91 Å². The predicted molar refractivity (Wildman–Crippen MR) is 135 cm³/mol. The van der Waals surface area contributed by atoms with Crippen molar-refractivity contribution in [1.29, 1.82) is 0 Å². The highest BCUT2D eigenvalue weighted by Crippen LogP contribution is 2.33. The van der Waals surface area contributed by atoms with Crippen LogP contribution in [0.1, 0.15) is 22.0 Å². The smallest absolute Gasteiger partial charge is 0.252 e. The number of amides is 1. The number of hydrogen-bond donors (Lipinski definition) is 1. The second-order valence-corrected chi connectivity index (χ2v) is 8.24. The van der Waals surface area contributed by atoms with Gasteiger partial charge in [-0.25, -0.2) is 4.98 Å². The number of rotatable bonds is 8. The van der Waals surface area contributed by atoms with E-state index in [0.29, 0.717) is 29.3 Å². The lowest BCUT2D eigenvalue weighted by molar-refractivity contribution is 0.0943. The number of benzene rings is 3. The summed E-state index contributed by atoms with van der Waals surface area (Å²) in [7, 11) is 7.23. The minimum atomic E-state index is -0.136. The first-order valence-corrected chi connectivity index (χ1v) is 11.1. The van der Waals surface area contributed by atoms with Crippen molar-refractivity contribution in [2.45, 2.75) is 6.04 Å². The summed E-state index contributed by atoms with van der Waals surface area (Å²) in [5.74, 6) is 1.11. The van der Waals surface area contributed by atoms with E-state index in [1.807, 2.05) is 80.8 Å². The highest BCUT2D eigenvalue weighted by Gasteiger charge is 2.18. The van der Waals surface area contributed by atoms with Crippen LogP contribution in [0.4, 0.5) is 0 Å². The molecule has 0 saturated heterocycles. The molecule has 6 heteroatoms. The maximum Gasteiger partial charge on any atom is 0.252 e. The fraction of sp³-hybridized carbons (Fsp3) is 0.214. The van der Waals surface area contributed by atoms with Crippen LogP contribution in [0, 0.1) is 0 Å². The molecule has 4 rings (SSSR count). The Morgan fingerprint density at radius 2 is 1.62 bits per heavy atom. The topological polar surface area (TPSA) is 63.7 Å². The highest BCUT2D eigenvalue weighted by molar-refractivity contribution is 6.07. The van der Waals surface area contributed by atoms with Gasteiger partial charge in [-0.3, -0.25) is 4.79 Å². The average molecular weight is 456 g/mol. The number of nitrogens with zero attached hydrogens (tertiary/aromatic N) is 2. The van der Waals surface area contributed by atoms with E-state index >= 15 is 0 Å². The zero-order valence-electron chi connectivity index (χ0n) is 19.9. The van der Waals surface area contributed by atoms with E-state index in [2.05, 4.69) is 22.3 Å². The van der Waals surface area contributed by atoms with E-state index in [4.69, 9.17) is 14.5 Å². The van der Waals surface area contributed by atoms with E-state index in [1.165, 1.54) is 0 Å². The van der Waals surface area contributed by atoms with Crippen molar-refractivity contribution >= 4 is 16.8 Å². The average Bonchev–Trinajstić information content (AvgIpc) is 2.88. The van der Waals surface area contributed by atoms with Crippen LogP contribution < -0.4 is 14.8 Å². The number of carbonyl (C=O) groups is 1. The van der Waals surface area contributed by atoms with Gasteiger partial charge in [-0.2, -0.15) is 0 Å². The molecular formula is C28H29N3O3. The first kappa shape index (κ1) is 23.3. The quantitative estimate of drug-likeness (QED) is 0.407. The van der Waals surface area contributed by atoms with Gasteiger partial charge in [-0.05, 0) is 50.0 Å². The summed E-state index contributed by atoms with van der Waals surface area (Å²) in [6, 6.07) is 25.4. The van der Waals surface area contributed by atoms with Gasteiger partial charge >= 0.3 is 0 Å². The summed E-state index contributed by atoms with van der Waals surface area (Å²) in [6.07, 6.45) is 0. The molecule has 1 atom stereocenters. The molecule has 1 aromatic heterocycles. The molecule has 1 amide bonds. The van der Waals surface area contributed by atoms with Gasteiger partial charge in [-0.1, -0.05) is 48.5 Å². The van der Waals surface area contributed by atoms with Crippen LogP contribution in [-0.2, 0) is 0 Å². The Balaban J connectivity index is 1.68. The zero-order chi connectivity index (χ0) is 24.1. The molecule has 0 aliphatic rings. The summed E-state index contributed by atoms with van der Waals surface area (Å²) < 4.78 is 10.8. The Morgan fingerprint density at radius 3 is 2.32 bits per heavy atom. The van der Waals surface area contributed by atoms with Gasteiger partial charge < -0.3 is 19.7 Å². The lowest BCUT2D eigenvalue weighted by Gasteiger charge is -2.25. The molecule has 0 spiro atoms. The maximum atomic E-state index is 13.4. The van der Waals surface area contributed by atoms with E-state index in [1.54, 1.807) is 14.2 Å². The van der Waals surface area contributed by atoms with Gasteiger partial charge in [0.15, 0.2) is 11.5 Å². The molecule has 4 aromatic rings. The van der Waals surface area contributed by atoms with Crippen molar-refractivity contribution in [2.75, 3.05) is 34.9 Å². The Hall–Kier alpha value is -3.90. The summed E-state index contributed by atoms with van der Waals surface area (Å²) in [6.45, 7) is 0.484. The molecule has 0 aliphatic carbocycles. The van der Waals surface area contributed by atoms with Gasteiger partial charge in [0.2, 0.25) is 0 Å². The predicted octanol–water partition coefficient (Wildman–Crippen LogP) is 4.95. The number of nitrogens with one attached hydrogen (secondary N) is 1. The first-order chi connectivity index (χ1) is 16.5. The minimum absolute atomic E-state index is 0.0589. The van der Waals surface area contributed by atoms with Crippen LogP contribution in [-0.4, -0.2) is 50.7 Å². The molecule has 0 unspecified atom stereocenters. The number of methoxy groups -OCH3 is 2. The van der Waals surface area contributed by atoms with Gasteiger partial charge in [-0.15, -0.1) is 0 Å². The number of aromatic nitrogens is 1. The van der Waals surface area contributed by atoms with Gasteiger partial charge in [0.1, 0.15) is 0 Å². The molecule has 1 heterocycles. The third-order valence-corrected chi connectivity index (χ3v) is 5.90. The van der Waals surface area contributed by atoms with Crippen LogP contribution in [0.25, 0.3) is 22.2 Å². The van der Waals surface area contributed by atoms with Crippen molar-refractivity contribution in [3.63, 3.8) is 0 Å². The van der Waals surface area contributed by atoms with Crippen molar-refractivity contribution in [2.24, 2.45) is 0 Å². The number of pyridine rings is 1. The number of ether oxygens (including phenoxy) is 2. The molecule has 0 bridgehead atoms. The minimum Gasteiger partial charge on any atom is -0.493 e. The molecule has 0 fully saturated rings. The van der Waals surface area contributed by atoms with Crippen LogP contribution in [0.2, 0.25) is 0 Å². The van der Waals surface area contributed by atoms with Crippen molar-refractivity contribution in [3.05, 3.63) is 90.0 Å². The molecule has 6 nitrogen and oxygen atoms in total. The normalized spacial score (nSPS) is 11.9. The summed E-state index contributed by atoms with van der Waals surface area (Å²) in [5, 5.41) is 3.95.